The average molecular weight is 477 g/mol. The number of halogens is 2. The molecule has 0 unspecified atom stereocenters. The molecule has 0 aliphatic carbocycles. The van der Waals surface area contributed by atoms with Crippen LogP contribution in [0.25, 0.3) is 0 Å². The molecule has 0 aromatic heterocycles. The molecule has 3 rings (SSSR count). The minimum atomic E-state index is -0.329. The van der Waals surface area contributed by atoms with Gasteiger partial charge in [-0.1, -0.05) is 53.5 Å². The van der Waals surface area contributed by atoms with E-state index in [1.807, 2.05) is 37.3 Å². The van der Waals surface area contributed by atoms with E-state index in [0.29, 0.717) is 35.3 Å². The SMILES string of the molecule is CCNC(=O)N(CCOC)CC(=O)N1N=C(c2ccccc2Cl)C[C@@H]1c1ccc(Cl)cc1. The molecule has 0 spiro atoms. The van der Waals surface area contributed by atoms with Crippen LogP contribution in [0.5, 0.6) is 0 Å². The van der Waals surface area contributed by atoms with Gasteiger partial charge in [-0.05, 0) is 30.7 Å². The van der Waals surface area contributed by atoms with Crippen LogP contribution in [0, 0.1) is 0 Å². The van der Waals surface area contributed by atoms with E-state index in [9.17, 15) is 9.59 Å². The van der Waals surface area contributed by atoms with Crippen molar-refractivity contribution in [3.8, 4) is 0 Å². The summed E-state index contributed by atoms with van der Waals surface area (Å²) in [5.74, 6) is -0.297. The van der Waals surface area contributed by atoms with E-state index in [1.165, 1.54) is 9.91 Å². The van der Waals surface area contributed by atoms with Gasteiger partial charge < -0.3 is 15.0 Å². The lowest BCUT2D eigenvalue weighted by atomic mass is 9.98. The number of nitrogens with zero attached hydrogens (tertiary/aromatic N) is 3. The van der Waals surface area contributed by atoms with Gasteiger partial charge in [0.1, 0.15) is 6.54 Å². The van der Waals surface area contributed by atoms with Crippen molar-refractivity contribution >= 4 is 40.9 Å². The molecule has 3 amide bonds. The number of carbonyl (C=O) groups excluding carboxylic acids is 2. The Morgan fingerprint density at radius 1 is 1.19 bits per heavy atom. The highest BCUT2D eigenvalue weighted by atomic mass is 35.5. The van der Waals surface area contributed by atoms with Gasteiger partial charge in [0, 0.05) is 42.2 Å². The number of nitrogens with one attached hydrogen (secondary N) is 1. The van der Waals surface area contributed by atoms with E-state index in [-0.39, 0.29) is 31.1 Å². The van der Waals surface area contributed by atoms with Crippen molar-refractivity contribution in [3.05, 3.63) is 69.7 Å². The predicted octanol–water partition coefficient (Wildman–Crippen LogP) is 4.35. The summed E-state index contributed by atoms with van der Waals surface area (Å²) in [5, 5.41) is 9.99. The van der Waals surface area contributed by atoms with Crippen molar-refractivity contribution in [1.29, 1.82) is 0 Å². The van der Waals surface area contributed by atoms with Gasteiger partial charge in [-0.25, -0.2) is 9.80 Å². The van der Waals surface area contributed by atoms with Crippen LogP contribution in [0.1, 0.15) is 30.5 Å². The van der Waals surface area contributed by atoms with Gasteiger partial charge in [0.05, 0.1) is 18.4 Å². The minimum Gasteiger partial charge on any atom is -0.383 e. The molecule has 1 aliphatic rings. The fraction of sp³-hybridized carbons (Fsp3) is 0.348. The molecule has 1 heterocycles. The molecule has 0 saturated carbocycles. The zero-order valence-electron chi connectivity index (χ0n) is 18.1. The maximum absolute atomic E-state index is 13.3. The second kappa shape index (κ2) is 11.3. The fourth-order valence-corrected chi connectivity index (χ4v) is 3.87. The number of ether oxygens (including phenoxy) is 1. The smallest absolute Gasteiger partial charge is 0.317 e. The quantitative estimate of drug-likeness (QED) is 0.615. The molecule has 0 fully saturated rings. The summed E-state index contributed by atoms with van der Waals surface area (Å²) in [7, 11) is 1.55. The Balaban J connectivity index is 1.90. The fourth-order valence-electron chi connectivity index (χ4n) is 3.50. The summed E-state index contributed by atoms with van der Waals surface area (Å²) in [6.07, 6.45) is 0.496. The van der Waals surface area contributed by atoms with Crippen molar-refractivity contribution in [2.45, 2.75) is 19.4 Å². The number of rotatable bonds is 8. The zero-order valence-corrected chi connectivity index (χ0v) is 19.6. The first-order valence-electron chi connectivity index (χ1n) is 10.4. The summed E-state index contributed by atoms with van der Waals surface area (Å²) in [6, 6.07) is 14.1. The Labute approximate surface area is 197 Å². The van der Waals surface area contributed by atoms with Gasteiger partial charge in [-0.15, -0.1) is 0 Å². The molecule has 9 heteroatoms. The highest BCUT2D eigenvalue weighted by molar-refractivity contribution is 6.34. The standard InChI is InChI=1S/C23H26Cl2N4O3/c1-3-26-23(31)28(12-13-32-2)15-22(30)29-21(16-8-10-17(24)11-9-16)14-20(27-29)18-6-4-5-7-19(18)25/h4-11,21H,3,12-15H2,1-2H3,(H,26,31)/t21-/m1/s1. The maximum Gasteiger partial charge on any atom is 0.317 e. The van der Waals surface area contributed by atoms with Crippen molar-refractivity contribution in [3.63, 3.8) is 0 Å². The number of benzene rings is 2. The molecule has 0 bridgehead atoms. The number of urea groups is 1. The van der Waals surface area contributed by atoms with Crippen molar-refractivity contribution < 1.29 is 14.3 Å². The van der Waals surface area contributed by atoms with Crippen molar-refractivity contribution in [2.75, 3.05) is 33.4 Å². The first kappa shape index (κ1) is 24.0. The highest BCUT2D eigenvalue weighted by Gasteiger charge is 2.34. The molecule has 2 aromatic rings. The third kappa shape index (κ3) is 5.79. The number of methoxy groups -OCH3 is 1. The van der Waals surface area contributed by atoms with Crippen LogP contribution in [-0.2, 0) is 9.53 Å². The number of hydrazone groups is 1. The van der Waals surface area contributed by atoms with Crippen LogP contribution in [-0.4, -0.2) is 60.9 Å². The van der Waals surface area contributed by atoms with Gasteiger partial charge >= 0.3 is 6.03 Å². The first-order valence-corrected chi connectivity index (χ1v) is 11.1. The van der Waals surface area contributed by atoms with Crippen molar-refractivity contribution in [2.24, 2.45) is 5.10 Å². The second-order valence-electron chi connectivity index (χ2n) is 7.29. The number of hydrogen-bond donors (Lipinski definition) is 1. The van der Waals surface area contributed by atoms with E-state index in [4.69, 9.17) is 27.9 Å². The second-order valence-corrected chi connectivity index (χ2v) is 8.13. The topological polar surface area (TPSA) is 74.2 Å². The van der Waals surface area contributed by atoms with E-state index in [1.54, 1.807) is 25.3 Å². The lowest BCUT2D eigenvalue weighted by molar-refractivity contribution is -0.133. The highest BCUT2D eigenvalue weighted by Crippen LogP contribution is 2.34. The molecule has 32 heavy (non-hydrogen) atoms. The third-order valence-electron chi connectivity index (χ3n) is 5.11. The summed E-state index contributed by atoms with van der Waals surface area (Å²) in [4.78, 5) is 27.2. The largest absolute Gasteiger partial charge is 0.383 e. The first-order chi connectivity index (χ1) is 15.4. The van der Waals surface area contributed by atoms with Gasteiger partial charge in [0.25, 0.3) is 5.91 Å². The Bertz CT molecular complexity index is 981. The summed E-state index contributed by atoms with van der Waals surface area (Å²) < 4.78 is 5.10. The van der Waals surface area contributed by atoms with Gasteiger partial charge in [0.2, 0.25) is 0 Å². The van der Waals surface area contributed by atoms with Gasteiger partial charge in [0.15, 0.2) is 0 Å². The Hall–Kier alpha value is -2.61. The number of carbonyl (C=O) groups is 2. The molecule has 1 aliphatic heterocycles. The molecule has 1 atom stereocenters. The normalized spacial score (nSPS) is 15.4. The van der Waals surface area contributed by atoms with E-state index in [0.717, 1.165) is 11.1 Å². The monoisotopic (exact) mass is 476 g/mol. The number of amides is 3. The predicted molar refractivity (Wildman–Crippen MR) is 126 cm³/mol. The van der Waals surface area contributed by atoms with Crippen LogP contribution >= 0.6 is 23.2 Å². The molecule has 0 radical (unpaired) electrons. The van der Waals surface area contributed by atoms with Crippen molar-refractivity contribution in [1.82, 2.24) is 15.2 Å². The summed E-state index contributed by atoms with van der Waals surface area (Å²) in [6.45, 7) is 2.76. The summed E-state index contributed by atoms with van der Waals surface area (Å²) >= 11 is 12.4. The van der Waals surface area contributed by atoms with E-state index >= 15 is 0 Å². The molecule has 7 nitrogen and oxygen atoms in total. The van der Waals surface area contributed by atoms with Crippen LogP contribution < -0.4 is 5.32 Å². The lowest BCUT2D eigenvalue weighted by Crippen LogP contribution is -2.47. The van der Waals surface area contributed by atoms with Gasteiger partial charge in [-0.3, -0.25) is 4.79 Å². The zero-order chi connectivity index (χ0) is 23.1. The van der Waals surface area contributed by atoms with E-state index < -0.39 is 0 Å². The summed E-state index contributed by atoms with van der Waals surface area (Å²) in [5.41, 5.74) is 2.39. The Morgan fingerprint density at radius 2 is 1.91 bits per heavy atom. The lowest BCUT2D eigenvalue weighted by Gasteiger charge is -2.27. The van der Waals surface area contributed by atoms with Gasteiger partial charge in [-0.2, -0.15) is 5.10 Å². The molecule has 2 aromatic carbocycles. The molecule has 0 saturated heterocycles. The van der Waals surface area contributed by atoms with Crippen LogP contribution in [0.2, 0.25) is 10.0 Å². The van der Waals surface area contributed by atoms with E-state index in [2.05, 4.69) is 10.4 Å². The van der Waals surface area contributed by atoms with Crippen LogP contribution in [0.3, 0.4) is 0 Å². The molecule has 1 N–H and O–H groups in total. The Morgan fingerprint density at radius 3 is 2.56 bits per heavy atom. The Kier molecular flexibility index (Phi) is 8.50. The van der Waals surface area contributed by atoms with Crippen LogP contribution in [0.15, 0.2) is 53.6 Å². The third-order valence-corrected chi connectivity index (χ3v) is 5.69. The molecule has 170 valence electrons. The molecular formula is C23H26Cl2N4O3. The maximum atomic E-state index is 13.3. The minimum absolute atomic E-state index is 0.126. The molecular weight excluding hydrogens is 451 g/mol. The number of hydrogen-bond acceptors (Lipinski definition) is 4. The average Bonchev–Trinajstić information content (AvgIpc) is 3.22. The van der Waals surface area contributed by atoms with Crippen LogP contribution in [0.4, 0.5) is 4.79 Å².